The predicted octanol–water partition coefficient (Wildman–Crippen LogP) is 3.51. The van der Waals surface area contributed by atoms with Crippen LogP contribution in [-0.4, -0.2) is 19.6 Å². The van der Waals surface area contributed by atoms with Gasteiger partial charge >= 0.3 is 0 Å². The average molecular weight is 322 g/mol. The van der Waals surface area contributed by atoms with Crippen molar-refractivity contribution in [1.29, 1.82) is 0 Å². The average Bonchev–Trinajstić information content (AvgIpc) is 3.10. The summed E-state index contributed by atoms with van der Waals surface area (Å²) in [5.41, 5.74) is 8.73. The highest BCUT2D eigenvalue weighted by atomic mass is 19.1. The zero-order valence-electron chi connectivity index (χ0n) is 12.7. The van der Waals surface area contributed by atoms with Crippen molar-refractivity contribution in [3.8, 4) is 17.1 Å². The summed E-state index contributed by atoms with van der Waals surface area (Å²) in [6.45, 7) is 0.228. The van der Waals surface area contributed by atoms with Gasteiger partial charge in [-0.2, -0.15) is 0 Å². The smallest absolute Gasteiger partial charge is 0.146 e. The Morgan fingerprint density at radius 2 is 1.88 bits per heavy atom. The maximum absolute atomic E-state index is 13.8. The van der Waals surface area contributed by atoms with Crippen LogP contribution >= 0.6 is 0 Å². The Kier molecular flexibility index (Phi) is 3.23. The molecule has 0 spiro atoms. The Balaban J connectivity index is 1.78. The van der Waals surface area contributed by atoms with Crippen LogP contribution in [0, 0.1) is 5.82 Å². The van der Waals surface area contributed by atoms with Crippen LogP contribution < -0.4 is 5.73 Å². The van der Waals surface area contributed by atoms with Gasteiger partial charge < -0.3 is 20.4 Å². The van der Waals surface area contributed by atoms with Gasteiger partial charge in [-0.3, -0.25) is 0 Å². The first-order valence-electron chi connectivity index (χ1n) is 7.49. The van der Waals surface area contributed by atoms with Crippen LogP contribution in [0.4, 0.5) is 10.2 Å². The number of benzene rings is 2. The van der Waals surface area contributed by atoms with Gasteiger partial charge in [-0.25, -0.2) is 9.37 Å². The molecule has 0 bridgehead atoms. The summed E-state index contributed by atoms with van der Waals surface area (Å²) in [5, 5.41) is 10.3. The topological polar surface area (TPSA) is 79.9 Å². The quantitative estimate of drug-likeness (QED) is 0.540. The number of aromatic nitrogens is 3. The highest BCUT2D eigenvalue weighted by molar-refractivity contribution is 5.84. The van der Waals surface area contributed by atoms with E-state index in [-0.39, 0.29) is 18.1 Å². The summed E-state index contributed by atoms with van der Waals surface area (Å²) in [4.78, 5) is 7.60. The van der Waals surface area contributed by atoms with Gasteiger partial charge in [0.25, 0.3) is 0 Å². The van der Waals surface area contributed by atoms with Crippen LogP contribution in [0.3, 0.4) is 0 Å². The summed E-state index contributed by atoms with van der Waals surface area (Å²) in [7, 11) is 0. The van der Waals surface area contributed by atoms with E-state index in [9.17, 15) is 9.50 Å². The van der Waals surface area contributed by atoms with Crippen LogP contribution in [0.1, 0.15) is 5.56 Å². The van der Waals surface area contributed by atoms with E-state index >= 15 is 0 Å². The molecule has 0 aliphatic rings. The number of aromatic hydroxyl groups is 1. The minimum Gasteiger partial charge on any atom is -0.505 e. The third-order valence-electron chi connectivity index (χ3n) is 4.02. The zero-order chi connectivity index (χ0) is 16.7. The lowest BCUT2D eigenvalue weighted by Crippen LogP contribution is -2.05. The van der Waals surface area contributed by atoms with Crippen LogP contribution in [0.2, 0.25) is 0 Å². The molecule has 0 amide bonds. The number of para-hydroxylation sites is 2. The number of halogens is 1. The van der Waals surface area contributed by atoms with E-state index in [1.54, 1.807) is 22.8 Å². The molecule has 4 rings (SSSR count). The molecule has 0 radical (unpaired) electrons. The van der Waals surface area contributed by atoms with E-state index in [0.717, 1.165) is 11.0 Å². The van der Waals surface area contributed by atoms with Crippen LogP contribution in [0.15, 0.2) is 54.7 Å². The van der Waals surface area contributed by atoms with Crippen molar-refractivity contribution >= 4 is 16.9 Å². The number of nitrogens with zero attached hydrogens (tertiary/aromatic N) is 2. The van der Waals surface area contributed by atoms with Crippen LogP contribution in [0.5, 0.6) is 5.75 Å². The van der Waals surface area contributed by atoms with Gasteiger partial charge in [0.1, 0.15) is 28.8 Å². The molecule has 0 fully saturated rings. The number of nitrogens with two attached hydrogens (primary N) is 1. The fourth-order valence-corrected chi connectivity index (χ4v) is 2.81. The van der Waals surface area contributed by atoms with Crippen molar-refractivity contribution in [1.82, 2.24) is 14.5 Å². The van der Waals surface area contributed by atoms with Crippen molar-refractivity contribution < 1.29 is 9.50 Å². The molecule has 120 valence electrons. The van der Waals surface area contributed by atoms with Crippen molar-refractivity contribution in [2.45, 2.75) is 6.54 Å². The lowest BCUT2D eigenvalue weighted by atomic mass is 10.2. The fraction of sp³-hybridized carbons (Fsp3) is 0.0556. The van der Waals surface area contributed by atoms with E-state index < -0.39 is 0 Å². The summed E-state index contributed by atoms with van der Waals surface area (Å²) >= 11 is 0. The number of hydrogen-bond acceptors (Lipinski definition) is 3. The molecule has 4 aromatic rings. The molecule has 24 heavy (non-hydrogen) atoms. The largest absolute Gasteiger partial charge is 0.505 e. The molecule has 2 aromatic heterocycles. The SMILES string of the molecule is Nc1c(-c2nc3ccccc3[nH]2)c(O)cn1Cc1ccccc1F. The van der Waals surface area contributed by atoms with E-state index in [1.807, 2.05) is 24.3 Å². The van der Waals surface area contributed by atoms with Crippen molar-refractivity contribution in [2.24, 2.45) is 0 Å². The minimum absolute atomic E-state index is 0.00268. The number of hydrogen-bond donors (Lipinski definition) is 3. The highest BCUT2D eigenvalue weighted by Gasteiger charge is 2.18. The number of imidazole rings is 1. The van der Waals surface area contributed by atoms with Crippen molar-refractivity contribution in [2.75, 3.05) is 5.73 Å². The van der Waals surface area contributed by atoms with E-state index in [0.29, 0.717) is 22.8 Å². The Morgan fingerprint density at radius 1 is 1.12 bits per heavy atom. The number of anilines is 1. The lowest BCUT2D eigenvalue weighted by Gasteiger charge is -2.07. The second-order valence-corrected chi connectivity index (χ2v) is 5.60. The van der Waals surface area contributed by atoms with Crippen LogP contribution in [0.25, 0.3) is 22.4 Å². The van der Waals surface area contributed by atoms with E-state index in [1.165, 1.54) is 12.3 Å². The first-order chi connectivity index (χ1) is 11.6. The lowest BCUT2D eigenvalue weighted by molar-refractivity contribution is 0.475. The van der Waals surface area contributed by atoms with Crippen molar-refractivity contribution in [3.63, 3.8) is 0 Å². The molecule has 4 N–H and O–H groups in total. The summed E-state index contributed by atoms with van der Waals surface area (Å²) in [5.74, 6) is 0.506. The van der Waals surface area contributed by atoms with Gasteiger partial charge in [0, 0.05) is 11.8 Å². The van der Waals surface area contributed by atoms with Gasteiger partial charge in [0.05, 0.1) is 17.6 Å². The second kappa shape index (κ2) is 5.42. The Bertz CT molecular complexity index is 1000. The number of nitrogen functional groups attached to an aromatic ring is 1. The van der Waals surface area contributed by atoms with Crippen molar-refractivity contribution in [3.05, 3.63) is 66.1 Å². The molecule has 0 aliphatic carbocycles. The number of nitrogens with one attached hydrogen (secondary N) is 1. The normalized spacial score (nSPS) is 11.2. The third-order valence-corrected chi connectivity index (χ3v) is 4.02. The molecule has 2 aromatic carbocycles. The van der Waals surface area contributed by atoms with Gasteiger partial charge in [-0.05, 0) is 18.2 Å². The maximum atomic E-state index is 13.8. The Morgan fingerprint density at radius 3 is 2.67 bits per heavy atom. The standard InChI is InChI=1S/C18H15FN4O/c19-12-6-2-1-5-11(12)9-23-10-15(24)16(17(23)20)18-21-13-7-3-4-8-14(13)22-18/h1-8,10,24H,9,20H2,(H,21,22). The first kappa shape index (κ1) is 14.3. The molecule has 5 nitrogen and oxygen atoms in total. The summed E-state index contributed by atoms with van der Waals surface area (Å²) in [6, 6.07) is 14.0. The summed E-state index contributed by atoms with van der Waals surface area (Å²) in [6.07, 6.45) is 1.49. The number of aromatic amines is 1. The fourth-order valence-electron chi connectivity index (χ4n) is 2.81. The molecule has 0 saturated carbocycles. The molecule has 2 heterocycles. The number of fused-ring (bicyclic) bond motifs is 1. The van der Waals surface area contributed by atoms with Crippen LogP contribution in [-0.2, 0) is 6.54 Å². The van der Waals surface area contributed by atoms with Gasteiger partial charge in [-0.1, -0.05) is 30.3 Å². The first-order valence-corrected chi connectivity index (χ1v) is 7.49. The van der Waals surface area contributed by atoms with Gasteiger partial charge in [-0.15, -0.1) is 0 Å². The monoisotopic (exact) mass is 322 g/mol. The highest BCUT2D eigenvalue weighted by Crippen LogP contribution is 2.36. The number of H-pyrrole nitrogens is 1. The molecule has 6 heteroatoms. The van der Waals surface area contributed by atoms with Gasteiger partial charge in [0.15, 0.2) is 0 Å². The molecule has 0 aliphatic heterocycles. The third kappa shape index (κ3) is 2.28. The molecular weight excluding hydrogens is 307 g/mol. The molecule has 0 atom stereocenters. The zero-order valence-corrected chi connectivity index (χ0v) is 12.7. The Labute approximate surface area is 137 Å². The summed E-state index contributed by atoms with van der Waals surface area (Å²) < 4.78 is 15.4. The predicted molar refractivity (Wildman–Crippen MR) is 91.1 cm³/mol. The molecule has 0 saturated heterocycles. The number of rotatable bonds is 3. The maximum Gasteiger partial charge on any atom is 0.146 e. The minimum atomic E-state index is -0.310. The molecule has 0 unspecified atom stereocenters. The van der Waals surface area contributed by atoms with E-state index in [2.05, 4.69) is 9.97 Å². The second-order valence-electron chi connectivity index (χ2n) is 5.60. The molecular formula is C18H15FN4O. The van der Waals surface area contributed by atoms with Gasteiger partial charge in [0.2, 0.25) is 0 Å². The Hall–Kier alpha value is -3.28. The van der Waals surface area contributed by atoms with E-state index in [4.69, 9.17) is 5.73 Å².